The number of nitrogens with two attached hydrogens (primary N) is 1. The predicted molar refractivity (Wildman–Crippen MR) is 84.6 cm³/mol. The van der Waals surface area contributed by atoms with Gasteiger partial charge >= 0.3 is 0 Å². The largest absolute Gasteiger partial charge is 0.493 e. The fourth-order valence-corrected chi connectivity index (χ4v) is 2.58. The van der Waals surface area contributed by atoms with Crippen molar-refractivity contribution in [2.24, 2.45) is 5.73 Å². The summed E-state index contributed by atoms with van der Waals surface area (Å²) < 4.78 is 11.3. The Hall–Kier alpha value is -1.98. The summed E-state index contributed by atoms with van der Waals surface area (Å²) in [5.41, 5.74) is 8.36. The number of nitrogens with zero attached hydrogens (tertiary/aromatic N) is 1. The van der Waals surface area contributed by atoms with Gasteiger partial charge in [-0.3, -0.25) is 0 Å². The van der Waals surface area contributed by atoms with Crippen molar-refractivity contribution in [3.8, 4) is 5.75 Å². The molecule has 5 heteroatoms. The van der Waals surface area contributed by atoms with Gasteiger partial charge in [-0.1, -0.05) is 36.0 Å². The highest BCUT2D eigenvalue weighted by molar-refractivity contribution is 7.99. The molecule has 0 aliphatic carbocycles. The van der Waals surface area contributed by atoms with E-state index in [1.165, 1.54) is 0 Å². The van der Waals surface area contributed by atoms with Crippen LogP contribution in [0.15, 0.2) is 58.2 Å². The SMILES string of the molecule is NCc1ccc(OCCSc2nc3ccccc3o2)cc1. The maximum atomic E-state index is 5.67. The van der Waals surface area contributed by atoms with Gasteiger partial charge < -0.3 is 14.9 Å². The molecule has 3 aromatic rings. The van der Waals surface area contributed by atoms with E-state index in [1.54, 1.807) is 11.8 Å². The first-order chi connectivity index (χ1) is 10.3. The van der Waals surface area contributed by atoms with Crippen LogP contribution in [0.4, 0.5) is 0 Å². The predicted octanol–water partition coefficient (Wildman–Crippen LogP) is 3.46. The third-order valence-electron chi connectivity index (χ3n) is 3.01. The average molecular weight is 300 g/mol. The Morgan fingerprint density at radius 3 is 2.67 bits per heavy atom. The van der Waals surface area contributed by atoms with Gasteiger partial charge in [-0.2, -0.15) is 0 Å². The molecular weight excluding hydrogens is 284 g/mol. The van der Waals surface area contributed by atoms with Crippen LogP contribution < -0.4 is 10.5 Å². The number of hydrogen-bond donors (Lipinski definition) is 1. The summed E-state index contributed by atoms with van der Waals surface area (Å²) >= 11 is 1.55. The Kier molecular flexibility index (Phi) is 4.43. The second-order valence-electron chi connectivity index (χ2n) is 4.49. The van der Waals surface area contributed by atoms with E-state index in [1.807, 2.05) is 48.5 Å². The number of oxazole rings is 1. The van der Waals surface area contributed by atoms with E-state index >= 15 is 0 Å². The molecule has 0 atom stereocenters. The normalized spacial score (nSPS) is 10.9. The lowest BCUT2D eigenvalue weighted by atomic mass is 10.2. The smallest absolute Gasteiger partial charge is 0.256 e. The van der Waals surface area contributed by atoms with Crippen molar-refractivity contribution in [2.45, 2.75) is 11.8 Å². The second kappa shape index (κ2) is 6.65. The maximum Gasteiger partial charge on any atom is 0.256 e. The Morgan fingerprint density at radius 1 is 1.10 bits per heavy atom. The van der Waals surface area contributed by atoms with Gasteiger partial charge in [0, 0.05) is 12.3 Å². The van der Waals surface area contributed by atoms with E-state index in [4.69, 9.17) is 14.9 Å². The summed E-state index contributed by atoms with van der Waals surface area (Å²) in [4.78, 5) is 4.41. The molecule has 2 aromatic carbocycles. The summed E-state index contributed by atoms with van der Waals surface area (Å²) in [5, 5.41) is 0.679. The zero-order valence-electron chi connectivity index (χ0n) is 11.5. The summed E-state index contributed by atoms with van der Waals surface area (Å²) in [5.74, 6) is 1.64. The molecule has 0 spiro atoms. The molecule has 0 aliphatic rings. The van der Waals surface area contributed by atoms with Crippen LogP contribution in [0.2, 0.25) is 0 Å². The van der Waals surface area contributed by atoms with E-state index in [0.29, 0.717) is 18.4 Å². The fraction of sp³-hybridized carbons (Fsp3) is 0.188. The van der Waals surface area contributed by atoms with Crippen molar-refractivity contribution in [3.63, 3.8) is 0 Å². The highest BCUT2D eigenvalue weighted by Crippen LogP contribution is 2.23. The molecule has 0 bridgehead atoms. The molecule has 21 heavy (non-hydrogen) atoms. The van der Waals surface area contributed by atoms with E-state index in [9.17, 15) is 0 Å². The van der Waals surface area contributed by atoms with E-state index in [2.05, 4.69) is 4.98 Å². The summed E-state index contributed by atoms with van der Waals surface area (Å²) in [6, 6.07) is 15.6. The van der Waals surface area contributed by atoms with Crippen LogP contribution in [0.3, 0.4) is 0 Å². The van der Waals surface area contributed by atoms with Crippen LogP contribution in [0.5, 0.6) is 5.75 Å². The maximum absolute atomic E-state index is 5.67. The Labute approximate surface area is 127 Å². The van der Waals surface area contributed by atoms with Crippen molar-refractivity contribution in [3.05, 3.63) is 54.1 Å². The number of aromatic nitrogens is 1. The minimum absolute atomic E-state index is 0.549. The molecule has 0 amide bonds. The number of hydrogen-bond acceptors (Lipinski definition) is 5. The summed E-state index contributed by atoms with van der Waals surface area (Å²) in [6.45, 7) is 1.15. The number of ether oxygens (including phenoxy) is 1. The van der Waals surface area contributed by atoms with Crippen molar-refractivity contribution in [2.75, 3.05) is 12.4 Å². The quantitative estimate of drug-likeness (QED) is 0.558. The van der Waals surface area contributed by atoms with Crippen molar-refractivity contribution in [1.82, 2.24) is 4.98 Å². The molecular formula is C16H16N2O2S. The lowest BCUT2D eigenvalue weighted by Gasteiger charge is -2.05. The molecule has 0 radical (unpaired) electrons. The zero-order chi connectivity index (χ0) is 14.5. The van der Waals surface area contributed by atoms with Crippen molar-refractivity contribution >= 4 is 22.9 Å². The number of para-hydroxylation sites is 2. The molecule has 4 nitrogen and oxygen atoms in total. The highest BCUT2D eigenvalue weighted by atomic mass is 32.2. The summed E-state index contributed by atoms with van der Waals surface area (Å²) in [7, 11) is 0. The van der Waals surface area contributed by atoms with Crippen molar-refractivity contribution in [1.29, 1.82) is 0 Å². The van der Waals surface area contributed by atoms with Crippen LogP contribution in [0, 0.1) is 0 Å². The van der Waals surface area contributed by atoms with Crippen LogP contribution in [0.25, 0.3) is 11.1 Å². The Bertz CT molecular complexity index is 677. The summed E-state index contributed by atoms with van der Waals surface area (Å²) in [6.07, 6.45) is 0. The van der Waals surface area contributed by atoms with Gasteiger partial charge in [-0.25, -0.2) is 4.98 Å². The molecule has 0 aliphatic heterocycles. The Balaban J connectivity index is 1.49. The molecule has 108 valence electrons. The van der Waals surface area contributed by atoms with Gasteiger partial charge in [0.25, 0.3) is 5.22 Å². The molecule has 1 heterocycles. The van der Waals surface area contributed by atoms with Gasteiger partial charge in [-0.05, 0) is 29.8 Å². The molecule has 3 rings (SSSR count). The van der Waals surface area contributed by atoms with Crippen LogP contribution >= 0.6 is 11.8 Å². The Morgan fingerprint density at radius 2 is 1.90 bits per heavy atom. The van der Waals surface area contributed by atoms with Crippen LogP contribution in [-0.4, -0.2) is 17.3 Å². The molecule has 2 N–H and O–H groups in total. The van der Waals surface area contributed by atoms with Gasteiger partial charge in [0.15, 0.2) is 5.58 Å². The second-order valence-corrected chi connectivity index (χ2v) is 5.54. The molecule has 0 unspecified atom stereocenters. The number of fused-ring (bicyclic) bond motifs is 1. The first-order valence-electron chi connectivity index (χ1n) is 6.75. The number of thioether (sulfide) groups is 1. The molecule has 0 saturated carbocycles. The minimum atomic E-state index is 0.549. The minimum Gasteiger partial charge on any atom is -0.493 e. The number of rotatable bonds is 6. The van der Waals surface area contributed by atoms with Crippen molar-refractivity contribution < 1.29 is 9.15 Å². The lowest BCUT2D eigenvalue weighted by molar-refractivity contribution is 0.343. The topological polar surface area (TPSA) is 61.3 Å². The first kappa shape index (κ1) is 14.0. The third kappa shape index (κ3) is 3.56. The van der Waals surface area contributed by atoms with E-state index < -0.39 is 0 Å². The standard InChI is InChI=1S/C16H16N2O2S/c17-11-12-5-7-13(8-6-12)19-9-10-21-16-18-14-3-1-2-4-15(14)20-16/h1-8H,9-11,17H2. The van der Waals surface area contributed by atoms with Gasteiger partial charge in [0.1, 0.15) is 11.3 Å². The van der Waals surface area contributed by atoms with Crippen LogP contribution in [0.1, 0.15) is 5.56 Å². The van der Waals surface area contributed by atoms with Gasteiger partial charge in [-0.15, -0.1) is 0 Å². The van der Waals surface area contributed by atoms with E-state index in [-0.39, 0.29) is 0 Å². The monoisotopic (exact) mass is 300 g/mol. The third-order valence-corrected chi connectivity index (χ3v) is 3.80. The lowest BCUT2D eigenvalue weighted by Crippen LogP contribution is -2.01. The average Bonchev–Trinajstić information content (AvgIpc) is 2.95. The van der Waals surface area contributed by atoms with Gasteiger partial charge in [0.2, 0.25) is 0 Å². The van der Waals surface area contributed by atoms with Gasteiger partial charge in [0.05, 0.1) is 6.61 Å². The van der Waals surface area contributed by atoms with E-state index in [0.717, 1.165) is 28.2 Å². The molecule has 0 fully saturated rings. The highest BCUT2D eigenvalue weighted by Gasteiger charge is 2.05. The molecule has 1 aromatic heterocycles. The fourth-order valence-electron chi connectivity index (χ4n) is 1.92. The van der Waals surface area contributed by atoms with Crippen LogP contribution in [-0.2, 0) is 6.54 Å². The first-order valence-corrected chi connectivity index (χ1v) is 7.74. The molecule has 0 saturated heterocycles. The number of benzene rings is 2. The zero-order valence-corrected chi connectivity index (χ0v) is 12.3.